The zero-order chi connectivity index (χ0) is 20.0. The Hall–Kier alpha value is -2.66. The molecule has 5 heteroatoms. The molecule has 0 spiro atoms. The van der Waals surface area contributed by atoms with Crippen LogP contribution in [0.5, 0.6) is 0 Å². The first kappa shape index (κ1) is 20.1. The summed E-state index contributed by atoms with van der Waals surface area (Å²) in [6.07, 6.45) is 2.10. The summed E-state index contributed by atoms with van der Waals surface area (Å²) in [7, 11) is 4.02. The van der Waals surface area contributed by atoms with Gasteiger partial charge in [0, 0.05) is 12.2 Å². The van der Waals surface area contributed by atoms with Gasteiger partial charge in [-0.3, -0.25) is 9.59 Å². The second kappa shape index (κ2) is 9.02. The smallest absolute Gasteiger partial charge is 0.242 e. The Kier molecular flexibility index (Phi) is 6.47. The van der Waals surface area contributed by atoms with Gasteiger partial charge in [-0.15, -0.1) is 0 Å². The quantitative estimate of drug-likeness (QED) is 0.538. The lowest BCUT2D eigenvalue weighted by molar-refractivity contribution is -0.135. The number of nitrogens with zero attached hydrogens (tertiary/aromatic N) is 2. The third-order valence-electron chi connectivity index (χ3n) is 5.16. The van der Waals surface area contributed by atoms with E-state index in [2.05, 4.69) is 10.2 Å². The van der Waals surface area contributed by atoms with E-state index < -0.39 is 5.41 Å². The number of benzene rings is 2. The lowest BCUT2D eigenvalue weighted by Crippen LogP contribution is -2.45. The molecule has 0 unspecified atom stereocenters. The molecule has 5 nitrogen and oxygen atoms in total. The van der Waals surface area contributed by atoms with E-state index in [0.717, 1.165) is 24.2 Å². The van der Waals surface area contributed by atoms with Crippen LogP contribution in [0, 0.1) is 5.41 Å². The minimum atomic E-state index is -0.914. The van der Waals surface area contributed by atoms with Crippen molar-refractivity contribution in [2.45, 2.75) is 25.8 Å². The van der Waals surface area contributed by atoms with Gasteiger partial charge in [0.15, 0.2) is 0 Å². The van der Waals surface area contributed by atoms with Crippen molar-refractivity contribution in [1.29, 1.82) is 0 Å². The number of rotatable bonds is 9. The molecular weight excluding hydrogens is 350 g/mol. The summed E-state index contributed by atoms with van der Waals surface area (Å²) in [4.78, 5) is 30.1. The van der Waals surface area contributed by atoms with Gasteiger partial charge in [0.25, 0.3) is 0 Å². The van der Waals surface area contributed by atoms with Crippen LogP contribution >= 0.6 is 0 Å². The first-order chi connectivity index (χ1) is 13.5. The standard InChI is InChI=1S/C23H29N3O2/c1-25(2)17-9-16-24-21(27)23(14-15-23)22(28)26(20-12-7-4-8-13-20)18-19-10-5-3-6-11-19/h3-8,10-13H,9,14-18H2,1-2H3,(H,24,27). The number of anilines is 1. The van der Waals surface area contributed by atoms with Crippen molar-refractivity contribution >= 4 is 17.5 Å². The highest BCUT2D eigenvalue weighted by molar-refractivity contribution is 6.14. The van der Waals surface area contributed by atoms with Gasteiger partial charge < -0.3 is 15.1 Å². The highest BCUT2D eigenvalue weighted by atomic mass is 16.2. The molecule has 1 fully saturated rings. The van der Waals surface area contributed by atoms with Crippen molar-refractivity contribution in [1.82, 2.24) is 10.2 Å². The van der Waals surface area contributed by atoms with E-state index in [1.165, 1.54) is 0 Å². The van der Waals surface area contributed by atoms with Gasteiger partial charge >= 0.3 is 0 Å². The fourth-order valence-corrected chi connectivity index (χ4v) is 3.34. The normalized spacial score (nSPS) is 14.5. The maximum absolute atomic E-state index is 13.5. The van der Waals surface area contributed by atoms with Crippen LogP contribution in [0.25, 0.3) is 0 Å². The van der Waals surface area contributed by atoms with Gasteiger partial charge in [-0.05, 0) is 57.6 Å². The molecule has 1 aliphatic rings. The average molecular weight is 380 g/mol. The molecule has 1 aliphatic carbocycles. The molecule has 2 amide bonds. The predicted molar refractivity (Wildman–Crippen MR) is 112 cm³/mol. The van der Waals surface area contributed by atoms with Gasteiger partial charge in [-0.2, -0.15) is 0 Å². The molecule has 3 rings (SSSR count). The Morgan fingerprint density at radius 1 is 0.964 bits per heavy atom. The summed E-state index contributed by atoms with van der Waals surface area (Å²) in [5.74, 6) is -0.238. The zero-order valence-corrected chi connectivity index (χ0v) is 16.7. The molecule has 0 aliphatic heterocycles. The fourth-order valence-electron chi connectivity index (χ4n) is 3.34. The lowest BCUT2D eigenvalue weighted by Gasteiger charge is -2.27. The van der Waals surface area contributed by atoms with E-state index in [1.807, 2.05) is 74.8 Å². The van der Waals surface area contributed by atoms with E-state index >= 15 is 0 Å². The minimum absolute atomic E-state index is 0.104. The van der Waals surface area contributed by atoms with Crippen LogP contribution < -0.4 is 10.2 Å². The second-order valence-corrected chi connectivity index (χ2v) is 7.71. The molecule has 0 bridgehead atoms. The topological polar surface area (TPSA) is 52.7 Å². The summed E-state index contributed by atoms with van der Waals surface area (Å²) in [5, 5.41) is 2.98. The van der Waals surface area contributed by atoms with Gasteiger partial charge in [0.05, 0.1) is 6.54 Å². The third-order valence-corrected chi connectivity index (χ3v) is 5.16. The Bertz CT molecular complexity index is 786. The van der Waals surface area contributed by atoms with Gasteiger partial charge in [-0.25, -0.2) is 0 Å². The number of hydrogen-bond donors (Lipinski definition) is 1. The lowest BCUT2D eigenvalue weighted by atomic mass is 10.0. The van der Waals surface area contributed by atoms with Crippen molar-refractivity contribution in [3.8, 4) is 0 Å². The summed E-state index contributed by atoms with van der Waals surface area (Å²) >= 11 is 0. The van der Waals surface area contributed by atoms with Crippen LogP contribution in [0.1, 0.15) is 24.8 Å². The average Bonchev–Trinajstić information content (AvgIpc) is 3.52. The number of nitrogens with one attached hydrogen (secondary N) is 1. The number of hydrogen-bond acceptors (Lipinski definition) is 3. The summed E-state index contributed by atoms with van der Waals surface area (Å²) < 4.78 is 0. The van der Waals surface area contributed by atoms with E-state index in [0.29, 0.717) is 25.9 Å². The monoisotopic (exact) mass is 379 g/mol. The molecule has 0 radical (unpaired) electrons. The van der Waals surface area contributed by atoms with Crippen LogP contribution in [0.2, 0.25) is 0 Å². The van der Waals surface area contributed by atoms with Gasteiger partial charge in [-0.1, -0.05) is 48.5 Å². The summed E-state index contributed by atoms with van der Waals surface area (Å²) in [6.45, 7) is 1.96. The highest BCUT2D eigenvalue weighted by Gasteiger charge is 2.58. The van der Waals surface area contributed by atoms with Crippen molar-refractivity contribution in [3.63, 3.8) is 0 Å². The van der Waals surface area contributed by atoms with E-state index in [9.17, 15) is 9.59 Å². The van der Waals surface area contributed by atoms with E-state index in [4.69, 9.17) is 0 Å². The Morgan fingerprint density at radius 2 is 1.57 bits per heavy atom. The maximum Gasteiger partial charge on any atom is 0.242 e. The number of amides is 2. The van der Waals surface area contributed by atoms with Gasteiger partial charge in [0.2, 0.25) is 11.8 Å². The SMILES string of the molecule is CN(C)CCCNC(=O)C1(C(=O)N(Cc2ccccc2)c2ccccc2)CC1. The van der Waals surface area contributed by atoms with Crippen molar-refractivity contribution in [3.05, 3.63) is 66.2 Å². The van der Waals surface area contributed by atoms with Crippen LogP contribution in [-0.2, 0) is 16.1 Å². The molecular formula is C23H29N3O2. The predicted octanol–water partition coefficient (Wildman–Crippen LogP) is 3.07. The largest absolute Gasteiger partial charge is 0.355 e. The minimum Gasteiger partial charge on any atom is -0.355 e. The van der Waals surface area contributed by atoms with E-state index in [1.54, 1.807) is 4.90 Å². The molecule has 1 saturated carbocycles. The van der Waals surface area contributed by atoms with Crippen LogP contribution in [-0.4, -0.2) is 43.9 Å². The van der Waals surface area contributed by atoms with Crippen LogP contribution in [0.3, 0.4) is 0 Å². The number of carbonyl (C=O) groups is 2. The molecule has 0 heterocycles. The molecule has 28 heavy (non-hydrogen) atoms. The van der Waals surface area contributed by atoms with Crippen LogP contribution in [0.15, 0.2) is 60.7 Å². The fraction of sp³-hybridized carbons (Fsp3) is 0.391. The first-order valence-corrected chi connectivity index (χ1v) is 9.87. The molecule has 148 valence electrons. The number of carbonyl (C=O) groups excluding carboxylic acids is 2. The maximum atomic E-state index is 13.5. The summed E-state index contributed by atoms with van der Waals surface area (Å²) in [5.41, 5.74) is 0.952. The van der Waals surface area contributed by atoms with Crippen molar-refractivity contribution in [2.24, 2.45) is 5.41 Å². The summed E-state index contributed by atoms with van der Waals surface area (Å²) in [6, 6.07) is 19.5. The van der Waals surface area contributed by atoms with Crippen LogP contribution in [0.4, 0.5) is 5.69 Å². The van der Waals surface area contributed by atoms with Gasteiger partial charge in [0.1, 0.15) is 5.41 Å². The first-order valence-electron chi connectivity index (χ1n) is 9.87. The zero-order valence-electron chi connectivity index (χ0n) is 16.7. The highest BCUT2D eigenvalue weighted by Crippen LogP contribution is 2.48. The van der Waals surface area contributed by atoms with Crippen molar-refractivity contribution < 1.29 is 9.59 Å². The number of para-hydroxylation sites is 1. The Morgan fingerprint density at radius 3 is 2.14 bits per heavy atom. The molecule has 0 aromatic heterocycles. The van der Waals surface area contributed by atoms with E-state index in [-0.39, 0.29) is 11.8 Å². The molecule has 2 aromatic carbocycles. The molecule has 0 atom stereocenters. The molecule has 1 N–H and O–H groups in total. The Labute approximate surface area is 167 Å². The van der Waals surface area contributed by atoms with Crippen molar-refractivity contribution in [2.75, 3.05) is 32.1 Å². The molecule has 2 aromatic rings. The second-order valence-electron chi connectivity index (χ2n) is 7.71. The Balaban J connectivity index is 1.74. The third kappa shape index (κ3) is 4.78. The molecule has 0 saturated heterocycles.